The number of nitrogens with two attached hydrogens (primary N) is 1. The molecule has 0 saturated carbocycles. The lowest BCUT2D eigenvalue weighted by Crippen LogP contribution is -2.03. The Morgan fingerprint density at radius 1 is 1.21 bits per heavy atom. The highest BCUT2D eigenvalue weighted by atomic mass is 35.5. The summed E-state index contributed by atoms with van der Waals surface area (Å²) in [6.45, 7) is 1.85. The van der Waals surface area contributed by atoms with Gasteiger partial charge in [0, 0.05) is 5.56 Å². The van der Waals surface area contributed by atoms with Crippen molar-refractivity contribution >= 4 is 23.1 Å². The number of rotatable bonds is 4. The molecule has 2 aromatic rings. The van der Waals surface area contributed by atoms with E-state index in [0.717, 1.165) is 5.56 Å². The average Bonchev–Trinajstić information content (AvgIpc) is 2.41. The van der Waals surface area contributed by atoms with Gasteiger partial charge in [0.05, 0.1) is 5.69 Å². The van der Waals surface area contributed by atoms with E-state index in [0.29, 0.717) is 17.9 Å². The van der Waals surface area contributed by atoms with Gasteiger partial charge in [-0.1, -0.05) is 41.9 Å². The Kier molecular flexibility index (Phi) is 4.07. The third-order valence-electron chi connectivity index (χ3n) is 2.76. The van der Waals surface area contributed by atoms with E-state index < -0.39 is 0 Å². The highest BCUT2D eigenvalue weighted by Gasteiger charge is 2.12. The van der Waals surface area contributed by atoms with Gasteiger partial charge in [-0.05, 0) is 24.6 Å². The minimum absolute atomic E-state index is 0.117. The second-order valence-corrected chi connectivity index (χ2v) is 4.55. The summed E-state index contributed by atoms with van der Waals surface area (Å²) >= 11 is 6.11. The fraction of sp³-hybridized carbons (Fsp3) is 0.133. The summed E-state index contributed by atoms with van der Waals surface area (Å²) in [5.41, 5.74) is 7.53. The van der Waals surface area contributed by atoms with Crippen LogP contribution in [0.1, 0.15) is 22.8 Å². The summed E-state index contributed by atoms with van der Waals surface area (Å²) in [4.78, 5) is 11.3. The van der Waals surface area contributed by atoms with Crippen LogP contribution in [0.25, 0.3) is 0 Å². The number of carbonyl (C=O) groups excluding carboxylic acids is 1. The number of benzene rings is 2. The lowest BCUT2D eigenvalue weighted by atomic mass is 10.1. The minimum Gasteiger partial charge on any atom is -0.487 e. The van der Waals surface area contributed by atoms with Gasteiger partial charge in [-0.3, -0.25) is 4.79 Å². The largest absolute Gasteiger partial charge is 0.487 e. The Labute approximate surface area is 117 Å². The molecule has 0 aliphatic heterocycles. The van der Waals surface area contributed by atoms with Crippen LogP contribution in [0, 0.1) is 0 Å². The van der Waals surface area contributed by atoms with Crippen LogP contribution in [-0.2, 0) is 6.61 Å². The van der Waals surface area contributed by atoms with Crippen molar-refractivity contribution in [2.75, 3.05) is 5.73 Å². The fourth-order valence-corrected chi connectivity index (χ4v) is 1.95. The molecule has 0 saturated heterocycles. The molecule has 3 nitrogen and oxygen atoms in total. The van der Waals surface area contributed by atoms with Gasteiger partial charge in [-0.15, -0.1) is 0 Å². The number of nitrogen functional groups attached to an aromatic ring is 1. The molecule has 0 bridgehead atoms. The topological polar surface area (TPSA) is 52.3 Å². The van der Waals surface area contributed by atoms with E-state index in [2.05, 4.69) is 0 Å². The number of anilines is 1. The standard InChI is InChI=1S/C15H14ClNO2/c1-10(18)12-7-8-13(14(16)15(12)17)19-9-11-5-3-2-4-6-11/h2-8H,9,17H2,1H3. The minimum atomic E-state index is -0.117. The van der Waals surface area contributed by atoms with Crippen LogP contribution in [0.2, 0.25) is 5.02 Å². The molecular weight excluding hydrogens is 262 g/mol. The molecule has 19 heavy (non-hydrogen) atoms. The molecule has 0 aromatic heterocycles. The number of hydrogen-bond acceptors (Lipinski definition) is 3. The third kappa shape index (κ3) is 3.06. The molecule has 0 atom stereocenters. The van der Waals surface area contributed by atoms with Crippen LogP contribution >= 0.6 is 11.6 Å². The lowest BCUT2D eigenvalue weighted by molar-refractivity contribution is 0.101. The summed E-state index contributed by atoms with van der Waals surface area (Å²) in [5.74, 6) is 0.363. The van der Waals surface area contributed by atoms with Gasteiger partial charge in [0.1, 0.15) is 17.4 Å². The summed E-state index contributed by atoms with van der Waals surface area (Å²) in [6.07, 6.45) is 0. The zero-order valence-electron chi connectivity index (χ0n) is 10.5. The molecule has 0 spiro atoms. The van der Waals surface area contributed by atoms with Crippen LogP contribution in [0.4, 0.5) is 5.69 Å². The predicted molar refractivity (Wildman–Crippen MR) is 76.6 cm³/mol. The molecule has 0 aliphatic carbocycles. The number of Topliss-reactive ketones (excluding diaryl/α,β-unsaturated/α-hetero) is 1. The van der Waals surface area contributed by atoms with E-state index in [1.807, 2.05) is 30.3 Å². The molecule has 0 aliphatic rings. The van der Waals surface area contributed by atoms with E-state index in [9.17, 15) is 4.79 Å². The van der Waals surface area contributed by atoms with Crippen molar-refractivity contribution in [3.05, 3.63) is 58.6 Å². The maximum atomic E-state index is 11.3. The highest BCUT2D eigenvalue weighted by Crippen LogP contribution is 2.33. The van der Waals surface area contributed by atoms with E-state index in [1.165, 1.54) is 6.92 Å². The van der Waals surface area contributed by atoms with E-state index in [1.54, 1.807) is 12.1 Å². The van der Waals surface area contributed by atoms with Crippen LogP contribution in [0.5, 0.6) is 5.75 Å². The third-order valence-corrected chi connectivity index (χ3v) is 3.15. The number of carbonyl (C=O) groups is 1. The SMILES string of the molecule is CC(=O)c1ccc(OCc2ccccc2)c(Cl)c1N. The van der Waals surface area contributed by atoms with Gasteiger partial charge in [0.15, 0.2) is 5.78 Å². The first kappa shape index (κ1) is 13.4. The smallest absolute Gasteiger partial charge is 0.161 e. The summed E-state index contributed by atoms with van der Waals surface area (Å²) < 4.78 is 5.62. The first-order valence-electron chi connectivity index (χ1n) is 5.85. The number of ketones is 1. The number of ether oxygens (including phenoxy) is 1. The lowest BCUT2D eigenvalue weighted by Gasteiger charge is -2.11. The molecule has 0 amide bonds. The van der Waals surface area contributed by atoms with Crippen molar-refractivity contribution in [2.24, 2.45) is 0 Å². The van der Waals surface area contributed by atoms with Gasteiger partial charge in [0.25, 0.3) is 0 Å². The normalized spacial score (nSPS) is 10.2. The number of halogens is 1. The van der Waals surface area contributed by atoms with Gasteiger partial charge in [-0.2, -0.15) is 0 Å². The first-order valence-corrected chi connectivity index (χ1v) is 6.23. The van der Waals surface area contributed by atoms with Crippen molar-refractivity contribution in [1.29, 1.82) is 0 Å². The Morgan fingerprint density at radius 3 is 2.53 bits per heavy atom. The molecule has 0 radical (unpaired) electrons. The quantitative estimate of drug-likeness (QED) is 0.684. The molecule has 2 N–H and O–H groups in total. The van der Waals surface area contributed by atoms with E-state index in [4.69, 9.17) is 22.1 Å². The summed E-state index contributed by atoms with van der Waals surface area (Å²) in [5, 5.41) is 0.281. The predicted octanol–water partition coefficient (Wildman–Crippen LogP) is 3.70. The van der Waals surface area contributed by atoms with Crippen molar-refractivity contribution in [3.63, 3.8) is 0 Å². The molecule has 2 aromatic carbocycles. The van der Waals surface area contributed by atoms with Gasteiger partial charge in [0.2, 0.25) is 0 Å². The monoisotopic (exact) mass is 275 g/mol. The molecule has 0 unspecified atom stereocenters. The van der Waals surface area contributed by atoms with Crippen LogP contribution in [-0.4, -0.2) is 5.78 Å². The zero-order chi connectivity index (χ0) is 13.8. The van der Waals surface area contributed by atoms with Crippen molar-refractivity contribution < 1.29 is 9.53 Å². The van der Waals surface area contributed by atoms with Gasteiger partial charge < -0.3 is 10.5 Å². The van der Waals surface area contributed by atoms with Crippen molar-refractivity contribution in [3.8, 4) is 5.75 Å². The summed E-state index contributed by atoms with van der Waals surface area (Å²) in [7, 11) is 0. The fourth-order valence-electron chi connectivity index (χ4n) is 1.73. The highest BCUT2D eigenvalue weighted by molar-refractivity contribution is 6.35. The maximum Gasteiger partial charge on any atom is 0.161 e. The average molecular weight is 276 g/mol. The van der Waals surface area contributed by atoms with E-state index in [-0.39, 0.29) is 16.5 Å². The van der Waals surface area contributed by atoms with Crippen LogP contribution in [0.15, 0.2) is 42.5 Å². The molecule has 98 valence electrons. The van der Waals surface area contributed by atoms with Crippen LogP contribution in [0.3, 0.4) is 0 Å². The Balaban J connectivity index is 2.18. The molecular formula is C15H14ClNO2. The Morgan fingerprint density at radius 2 is 1.89 bits per heavy atom. The number of hydrogen-bond donors (Lipinski definition) is 1. The Hall–Kier alpha value is -2.00. The van der Waals surface area contributed by atoms with Crippen LogP contribution < -0.4 is 10.5 Å². The van der Waals surface area contributed by atoms with Crippen molar-refractivity contribution in [1.82, 2.24) is 0 Å². The maximum absolute atomic E-state index is 11.3. The molecule has 2 rings (SSSR count). The second-order valence-electron chi connectivity index (χ2n) is 4.17. The van der Waals surface area contributed by atoms with Gasteiger partial charge >= 0.3 is 0 Å². The molecule has 4 heteroatoms. The Bertz CT molecular complexity index is 597. The molecule has 0 fully saturated rings. The van der Waals surface area contributed by atoms with Crippen molar-refractivity contribution in [2.45, 2.75) is 13.5 Å². The second kappa shape index (κ2) is 5.76. The van der Waals surface area contributed by atoms with Gasteiger partial charge in [-0.25, -0.2) is 0 Å². The first-order chi connectivity index (χ1) is 9.09. The zero-order valence-corrected chi connectivity index (χ0v) is 11.3. The summed E-state index contributed by atoms with van der Waals surface area (Å²) in [6, 6.07) is 13.0. The molecule has 0 heterocycles. The van der Waals surface area contributed by atoms with E-state index >= 15 is 0 Å².